The summed E-state index contributed by atoms with van der Waals surface area (Å²) in [5.41, 5.74) is -0.518. The topological polar surface area (TPSA) is 98.7 Å². The Morgan fingerprint density at radius 2 is 2.19 bits per heavy atom. The molecule has 0 unspecified atom stereocenters. The van der Waals surface area contributed by atoms with E-state index in [0.29, 0.717) is 0 Å². The summed E-state index contributed by atoms with van der Waals surface area (Å²) >= 11 is 0. The van der Waals surface area contributed by atoms with Crippen molar-refractivity contribution in [2.24, 2.45) is 0 Å². The van der Waals surface area contributed by atoms with Gasteiger partial charge in [0.25, 0.3) is 5.91 Å². The highest BCUT2D eigenvalue weighted by Crippen LogP contribution is 2.34. The van der Waals surface area contributed by atoms with Crippen molar-refractivity contribution in [3.8, 4) is 0 Å². The predicted octanol–water partition coefficient (Wildman–Crippen LogP) is -1.82. The maximum atomic E-state index is 11.5. The Bertz CT molecular complexity index is 335. The van der Waals surface area contributed by atoms with Gasteiger partial charge in [-0.3, -0.25) is 14.5 Å². The lowest BCUT2D eigenvalue weighted by molar-refractivity contribution is -0.131. The average molecular weight is 227 g/mol. The van der Waals surface area contributed by atoms with E-state index in [0.717, 1.165) is 17.7 Å². The Hall–Kier alpha value is -1.63. The highest BCUT2D eigenvalue weighted by Gasteiger charge is 2.44. The zero-order valence-electron chi connectivity index (χ0n) is 8.65. The van der Waals surface area contributed by atoms with Crippen LogP contribution in [0.2, 0.25) is 0 Å². The standard InChI is InChI=1S/C9H13N3O4/c13-5-9(1-2-9)11-6(14)4-12-7(15)3-10-8(12)16/h13H,1-5H2,(H,10,16)(H,11,14). The van der Waals surface area contributed by atoms with Gasteiger partial charge in [-0.15, -0.1) is 0 Å². The highest BCUT2D eigenvalue weighted by molar-refractivity contribution is 6.04. The Morgan fingerprint density at radius 1 is 1.50 bits per heavy atom. The van der Waals surface area contributed by atoms with Gasteiger partial charge in [-0.25, -0.2) is 4.79 Å². The van der Waals surface area contributed by atoms with Crippen molar-refractivity contribution < 1.29 is 19.5 Å². The number of hydrogen-bond donors (Lipinski definition) is 3. The third-order valence-electron chi connectivity index (χ3n) is 2.80. The van der Waals surface area contributed by atoms with E-state index >= 15 is 0 Å². The van der Waals surface area contributed by atoms with Crippen molar-refractivity contribution in [2.45, 2.75) is 18.4 Å². The van der Waals surface area contributed by atoms with E-state index in [9.17, 15) is 14.4 Å². The molecule has 1 aliphatic carbocycles. The molecule has 0 radical (unpaired) electrons. The summed E-state index contributed by atoms with van der Waals surface area (Å²) in [6.45, 7) is -0.456. The molecule has 1 aliphatic heterocycles. The number of nitrogens with one attached hydrogen (secondary N) is 2. The van der Waals surface area contributed by atoms with Crippen LogP contribution in [0.5, 0.6) is 0 Å². The summed E-state index contributed by atoms with van der Waals surface area (Å²) in [5, 5.41) is 13.9. The van der Waals surface area contributed by atoms with Gasteiger partial charge >= 0.3 is 6.03 Å². The Balaban J connectivity index is 1.87. The number of rotatable bonds is 4. The lowest BCUT2D eigenvalue weighted by Crippen LogP contribution is -2.46. The van der Waals surface area contributed by atoms with Crippen molar-refractivity contribution in [1.29, 1.82) is 0 Å². The SMILES string of the molecule is O=C(CN1C(=O)CNC1=O)NC1(CO)CC1. The van der Waals surface area contributed by atoms with Crippen LogP contribution in [-0.4, -0.2) is 53.1 Å². The number of aliphatic hydroxyl groups is 1. The molecule has 1 saturated carbocycles. The van der Waals surface area contributed by atoms with Crippen LogP contribution in [0.3, 0.4) is 0 Å². The van der Waals surface area contributed by atoms with Gasteiger partial charge in [0.05, 0.1) is 18.7 Å². The molecule has 2 aliphatic rings. The maximum Gasteiger partial charge on any atom is 0.325 e. The van der Waals surface area contributed by atoms with Crippen LogP contribution in [0.15, 0.2) is 0 Å². The number of hydrogen-bond acceptors (Lipinski definition) is 4. The number of carbonyl (C=O) groups excluding carboxylic acids is 3. The van der Waals surface area contributed by atoms with Crippen LogP contribution in [-0.2, 0) is 9.59 Å². The number of urea groups is 1. The minimum Gasteiger partial charge on any atom is -0.394 e. The Morgan fingerprint density at radius 3 is 2.62 bits per heavy atom. The molecular weight excluding hydrogens is 214 g/mol. The van der Waals surface area contributed by atoms with E-state index in [4.69, 9.17) is 5.11 Å². The Kier molecular flexibility index (Phi) is 2.55. The third kappa shape index (κ3) is 1.99. The van der Waals surface area contributed by atoms with Crippen molar-refractivity contribution in [2.75, 3.05) is 19.7 Å². The molecule has 0 atom stereocenters. The quantitative estimate of drug-likeness (QED) is 0.492. The summed E-state index contributed by atoms with van der Waals surface area (Å²) < 4.78 is 0. The molecule has 0 spiro atoms. The van der Waals surface area contributed by atoms with Gasteiger partial charge in [0, 0.05) is 0 Å². The summed E-state index contributed by atoms with van der Waals surface area (Å²) in [5.74, 6) is -0.828. The molecule has 7 nitrogen and oxygen atoms in total. The van der Waals surface area contributed by atoms with E-state index in [2.05, 4.69) is 10.6 Å². The second kappa shape index (κ2) is 3.75. The first-order valence-electron chi connectivity index (χ1n) is 5.06. The molecule has 88 valence electrons. The van der Waals surface area contributed by atoms with Gasteiger partial charge in [-0.1, -0.05) is 0 Å². The molecule has 3 N–H and O–H groups in total. The molecular formula is C9H13N3O4. The molecule has 7 heteroatoms. The predicted molar refractivity (Wildman–Crippen MR) is 52.3 cm³/mol. The monoisotopic (exact) mass is 227 g/mol. The maximum absolute atomic E-state index is 11.5. The lowest BCUT2D eigenvalue weighted by Gasteiger charge is -2.17. The van der Waals surface area contributed by atoms with E-state index in [1.165, 1.54) is 0 Å². The van der Waals surface area contributed by atoms with Gasteiger partial charge in [0.2, 0.25) is 5.91 Å². The van der Waals surface area contributed by atoms with E-state index in [-0.39, 0.29) is 19.7 Å². The van der Waals surface area contributed by atoms with Crippen LogP contribution >= 0.6 is 0 Å². The minimum absolute atomic E-state index is 0.0583. The van der Waals surface area contributed by atoms with Crippen LogP contribution in [0, 0.1) is 0 Å². The zero-order chi connectivity index (χ0) is 11.8. The second-order valence-electron chi connectivity index (χ2n) is 4.13. The smallest absolute Gasteiger partial charge is 0.325 e. The molecule has 4 amide bonds. The van der Waals surface area contributed by atoms with Crippen molar-refractivity contribution in [3.05, 3.63) is 0 Å². The van der Waals surface area contributed by atoms with E-state index in [1.807, 2.05) is 0 Å². The summed E-state index contributed by atoms with van der Waals surface area (Å²) in [4.78, 5) is 34.7. The van der Waals surface area contributed by atoms with Crippen molar-refractivity contribution in [3.63, 3.8) is 0 Å². The van der Waals surface area contributed by atoms with Gasteiger partial charge in [0.1, 0.15) is 6.54 Å². The Labute approximate surface area is 91.8 Å². The summed E-state index contributed by atoms with van der Waals surface area (Å²) in [7, 11) is 0. The molecule has 0 aromatic heterocycles. The van der Waals surface area contributed by atoms with E-state index in [1.54, 1.807) is 0 Å². The first kappa shape index (κ1) is 10.9. The van der Waals surface area contributed by atoms with Gasteiger partial charge < -0.3 is 15.7 Å². The fourth-order valence-electron chi connectivity index (χ4n) is 1.57. The number of aliphatic hydroxyl groups excluding tert-OH is 1. The highest BCUT2D eigenvalue weighted by atomic mass is 16.3. The molecule has 16 heavy (non-hydrogen) atoms. The van der Waals surface area contributed by atoms with Gasteiger partial charge in [-0.2, -0.15) is 0 Å². The molecule has 2 rings (SSSR count). The number of carbonyl (C=O) groups is 3. The molecule has 1 heterocycles. The number of nitrogens with zero attached hydrogens (tertiary/aromatic N) is 1. The number of amides is 4. The first-order chi connectivity index (χ1) is 7.56. The molecule has 0 bridgehead atoms. The largest absolute Gasteiger partial charge is 0.394 e. The van der Waals surface area contributed by atoms with Crippen molar-refractivity contribution in [1.82, 2.24) is 15.5 Å². The van der Waals surface area contributed by atoms with Crippen LogP contribution < -0.4 is 10.6 Å². The van der Waals surface area contributed by atoms with E-state index < -0.39 is 23.4 Å². The van der Waals surface area contributed by atoms with Crippen molar-refractivity contribution >= 4 is 17.8 Å². The lowest BCUT2D eigenvalue weighted by atomic mass is 10.3. The summed E-state index contributed by atoms with van der Waals surface area (Å²) in [6.07, 6.45) is 1.46. The molecule has 2 fully saturated rings. The molecule has 1 saturated heterocycles. The zero-order valence-corrected chi connectivity index (χ0v) is 8.65. The van der Waals surface area contributed by atoms with Crippen LogP contribution in [0.4, 0.5) is 4.79 Å². The first-order valence-corrected chi connectivity index (χ1v) is 5.06. The fraction of sp³-hybridized carbons (Fsp3) is 0.667. The second-order valence-corrected chi connectivity index (χ2v) is 4.13. The average Bonchev–Trinajstić information content (AvgIpc) is 2.96. The van der Waals surface area contributed by atoms with Crippen LogP contribution in [0.1, 0.15) is 12.8 Å². The minimum atomic E-state index is -0.547. The fourth-order valence-corrected chi connectivity index (χ4v) is 1.57. The van der Waals surface area contributed by atoms with Crippen LogP contribution in [0.25, 0.3) is 0 Å². The molecule has 0 aromatic carbocycles. The number of imide groups is 1. The van der Waals surface area contributed by atoms with Gasteiger partial charge in [0.15, 0.2) is 0 Å². The third-order valence-corrected chi connectivity index (χ3v) is 2.80. The molecule has 0 aromatic rings. The normalized spacial score (nSPS) is 21.9. The summed E-state index contributed by atoms with van der Waals surface area (Å²) in [6, 6.07) is -0.547. The van der Waals surface area contributed by atoms with Gasteiger partial charge in [-0.05, 0) is 12.8 Å².